The highest BCUT2D eigenvalue weighted by Gasteiger charge is 2.26. The van der Waals surface area contributed by atoms with Gasteiger partial charge in [-0.15, -0.1) is 22.9 Å². The molecule has 2 heterocycles. The van der Waals surface area contributed by atoms with Crippen LogP contribution in [0.25, 0.3) is 6.08 Å². The first kappa shape index (κ1) is 15.1. The van der Waals surface area contributed by atoms with E-state index in [4.69, 9.17) is 11.6 Å². The number of anilines is 1. The van der Waals surface area contributed by atoms with Crippen LogP contribution >= 0.6 is 22.9 Å². The molecule has 1 aromatic rings. The van der Waals surface area contributed by atoms with Gasteiger partial charge in [-0.25, -0.2) is 4.99 Å². The molecule has 0 saturated carbocycles. The molecule has 4 nitrogen and oxygen atoms in total. The molecule has 0 saturated heterocycles. The van der Waals surface area contributed by atoms with Gasteiger partial charge in [-0.2, -0.15) is 0 Å². The fourth-order valence-corrected chi connectivity index (χ4v) is 2.92. The molecule has 0 N–H and O–H groups in total. The lowest BCUT2D eigenvalue weighted by Gasteiger charge is -2.14. The number of carbonyl (C=O) groups excluding carboxylic acids is 1. The molecular formula is C14H18ClN3OS. The van der Waals surface area contributed by atoms with Crippen LogP contribution in [0.3, 0.4) is 0 Å². The number of nitrogens with zero attached hydrogens (tertiary/aromatic N) is 3. The van der Waals surface area contributed by atoms with Crippen molar-refractivity contribution in [3.05, 3.63) is 22.7 Å². The van der Waals surface area contributed by atoms with Gasteiger partial charge in [-0.3, -0.25) is 9.69 Å². The molecule has 108 valence electrons. The first-order chi connectivity index (χ1) is 9.52. The molecular weight excluding hydrogens is 294 g/mol. The summed E-state index contributed by atoms with van der Waals surface area (Å²) in [5, 5.41) is 1.15. The summed E-state index contributed by atoms with van der Waals surface area (Å²) < 4.78 is 0. The van der Waals surface area contributed by atoms with E-state index < -0.39 is 0 Å². The van der Waals surface area contributed by atoms with Crippen molar-refractivity contribution >= 4 is 45.8 Å². The molecule has 0 bridgehead atoms. The van der Waals surface area contributed by atoms with Crippen molar-refractivity contribution in [3.63, 3.8) is 0 Å². The van der Waals surface area contributed by atoms with Gasteiger partial charge < -0.3 is 4.90 Å². The predicted octanol–water partition coefficient (Wildman–Crippen LogP) is 3.04. The minimum absolute atomic E-state index is 0.0348. The van der Waals surface area contributed by atoms with Crippen LogP contribution in [0.5, 0.6) is 0 Å². The van der Waals surface area contributed by atoms with Crippen LogP contribution in [0, 0.1) is 0 Å². The van der Waals surface area contributed by atoms with Gasteiger partial charge in [-0.1, -0.05) is 0 Å². The predicted molar refractivity (Wildman–Crippen MR) is 86.8 cm³/mol. The minimum atomic E-state index is -0.0348. The number of hydrogen-bond acceptors (Lipinski definition) is 4. The molecule has 1 amide bonds. The third-order valence-electron chi connectivity index (χ3n) is 2.98. The molecule has 1 aromatic heterocycles. The van der Waals surface area contributed by atoms with E-state index in [1.807, 2.05) is 44.1 Å². The Balaban J connectivity index is 2.16. The van der Waals surface area contributed by atoms with E-state index in [9.17, 15) is 4.79 Å². The molecule has 0 unspecified atom stereocenters. The summed E-state index contributed by atoms with van der Waals surface area (Å²) in [6.45, 7) is 2.48. The number of amidine groups is 1. The maximum Gasteiger partial charge on any atom is 0.277 e. The Hall–Kier alpha value is -1.33. The normalized spacial score (nSPS) is 17.0. The van der Waals surface area contributed by atoms with Crippen LogP contribution in [-0.4, -0.2) is 43.2 Å². The first-order valence-corrected chi connectivity index (χ1v) is 7.80. The summed E-state index contributed by atoms with van der Waals surface area (Å²) >= 11 is 7.32. The number of aliphatic imine (C=N–C) groups is 1. The zero-order valence-electron chi connectivity index (χ0n) is 11.9. The van der Waals surface area contributed by atoms with Crippen molar-refractivity contribution in [2.75, 3.05) is 31.4 Å². The number of carbonyl (C=O) groups is 1. The van der Waals surface area contributed by atoms with Crippen molar-refractivity contribution in [3.8, 4) is 0 Å². The Morgan fingerprint density at radius 2 is 2.20 bits per heavy atom. The van der Waals surface area contributed by atoms with Crippen LogP contribution < -0.4 is 4.90 Å². The number of thiophene rings is 1. The Kier molecular flexibility index (Phi) is 4.83. The van der Waals surface area contributed by atoms with Crippen molar-refractivity contribution in [1.29, 1.82) is 0 Å². The van der Waals surface area contributed by atoms with E-state index >= 15 is 0 Å². The third kappa shape index (κ3) is 3.22. The number of alkyl halides is 1. The standard InChI is InChI=1S/C14H18ClN3OS/c1-10-16-12(14(19)18(10)8-4-7-15)9-11-5-6-13(20-11)17(2)3/h5-6,9H,4,7-8H2,1-3H3/b12-9+. The molecule has 0 radical (unpaired) electrons. The number of hydrogen-bond donors (Lipinski definition) is 0. The van der Waals surface area contributed by atoms with E-state index in [2.05, 4.69) is 4.99 Å². The largest absolute Gasteiger partial charge is 0.370 e. The monoisotopic (exact) mass is 311 g/mol. The fourth-order valence-electron chi connectivity index (χ4n) is 1.94. The van der Waals surface area contributed by atoms with Crippen molar-refractivity contribution in [2.24, 2.45) is 4.99 Å². The van der Waals surface area contributed by atoms with Gasteiger partial charge in [-0.05, 0) is 31.6 Å². The summed E-state index contributed by atoms with van der Waals surface area (Å²) in [6.07, 6.45) is 2.63. The molecule has 0 atom stereocenters. The van der Waals surface area contributed by atoms with Gasteiger partial charge in [0.05, 0.1) is 5.00 Å². The van der Waals surface area contributed by atoms with Gasteiger partial charge in [0.2, 0.25) is 0 Å². The maximum absolute atomic E-state index is 12.3. The minimum Gasteiger partial charge on any atom is -0.370 e. The second-order valence-electron chi connectivity index (χ2n) is 4.76. The Morgan fingerprint density at radius 3 is 2.80 bits per heavy atom. The molecule has 0 aliphatic carbocycles. The SMILES string of the molecule is CC1=N/C(=C/c2ccc(N(C)C)s2)C(=O)N1CCCCl. The summed E-state index contributed by atoms with van der Waals surface area (Å²) in [4.78, 5) is 21.4. The quantitative estimate of drug-likeness (QED) is 0.619. The van der Waals surface area contributed by atoms with Crippen LogP contribution in [0.2, 0.25) is 0 Å². The highest BCUT2D eigenvalue weighted by atomic mass is 35.5. The lowest BCUT2D eigenvalue weighted by Crippen LogP contribution is -2.31. The van der Waals surface area contributed by atoms with Crippen molar-refractivity contribution < 1.29 is 4.79 Å². The summed E-state index contributed by atoms with van der Waals surface area (Å²) in [5.41, 5.74) is 0.504. The van der Waals surface area contributed by atoms with Crippen LogP contribution in [-0.2, 0) is 4.79 Å². The van der Waals surface area contributed by atoms with Gasteiger partial charge in [0.15, 0.2) is 0 Å². The Morgan fingerprint density at radius 1 is 1.45 bits per heavy atom. The smallest absolute Gasteiger partial charge is 0.277 e. The van der Waals surface area contributed by atoms with Gasteiger partial charge in [0.25, 0.3) is 5.91 Å². The van der Waals surface area contributed by atoms with Crippen LogP contribution in [0.4, 0.5) is 5.00 Å². The summed E-state index contributed by atoms with van der Waals surface area (Å²) in [5.74, 6) is 1.26. The van der Waals surface area contributed by atoms with Gasteiger partial charge in [0.1, 0.15) is 11.5 Å². The fraction of sp³-hybridized carbons (Fsp3) is 0.429. The second-order valence-corrected chi connectivity index (χ2v) is 6.23. The molecule has 0 spiro atoms. The lowest BCUT2D eigenvalue weighted by atomic mass is 10.3. The van der Waals surface area contributed by atoms with Gasteiger partial charge >= 0.3 is 0 Å². The highest BCUT2D eigenvalue weighted by molar-refractivity contribution is 7.16. The Bertz CT molecular complexity index is 563. The zero-order valence-corrected chi connectivity index (χ0v) is 13.5. The van der Waals surface area contributed by atoms with Crippen LogP contribution in [0.1, 0.15) is 18.2 Å². The number of amides is 1. The topological polar surface area (TPSA) is 35.9 Å². The van der Waals surface area contributed by atoms with Crippen molar-refractivity contribution in [1.82, 2.24) is 4.90 Å². The summed E-state index contributed by atoms with van der Waals surface area (Å²) in [7, 11) is 4.00. The van der Waals surface area contributed by atoms with Gasteiger partial charge in [0, 0.05) is 31.4 Å². The molecule has 0 aromatic carbocycles. The van der Waals surface area contributed by atoms with E-state index in [0.717, 1.165) is 22.1 Å². The molecule has 0 fully saturated rings. The molecule has 2 rings (SSSR count). The average Bonchev–Trinajstić information content (AvgIpc) is 2.95. The van der Waals surface area contributed by atoms with Crippen LogP contribution in [0.15, 0.2) is 22.8 Å². The molecule has 6 heteroatoms. The van der Waals surface area contributed by atoms with E-state index in [1.54, 1.807) is 16.2 Å². The zero-order chi connectivity index (χ0) is 14.7. The van der Waals surface area contributed by atoms with Crippen molar-refractivity contribution in [2.45, 2.75) is 13.3 Å². The average molecular weight is 312 g/mol. The van der Waals surface area contributed by atoms with E-state index in [0.29, 0.717) is 18.1 Å². The Labute approximate surface area is 128 Å². The number of halogens is 1. The first-order valence-electron chi connectivity index (χ1n) is 6.45. The summed E-state index contributed by atoms with van der Waals surface area (Å²) in [6, 6.07) is 4.05. The number of rotatable bonds is 5. The maximum atomic E-state index is 12.3. The molecule has 1 aliphatic heterocycles. The second kappa shape index (κ2) is 6.41. The van der Waals surface area contributed by atoms with E-state index in [-0.39, 0.29) is 5.91 Å². The third-order valence-corrected chi connectivity index (χ3v) is 4.45. The molecule has 1 aliphatic rings. The highest BCUT2D eigenvalue weighted by Crippen LogP contribution is 2.27. The molecule has 20 heavy (non-hydrogen) atoms. The lowest BCUT2D eigenvalue weighted by molar-refractivity contribution is -0.122. The van der Waals surface area contributed by atoms with E-state index in [1.165, 1.54) is 0 Å².